The first-order chi connectivity index (χ1) is 20.2. The van der Waals surface area contributed by atoms with Crippen LogP contribution in [0, 0.1) is 6.92 Å². The Morgan fingerprint density at radius 1 is 0.415 bits per heavy atom. The molecule has 0 fully saturated rings. The van der Waals surface area contributed by atoms with Crippen molar-refractivity contribution in [1.29, 1.82) is 0 Å². The zero-order valence-electron chi connectivity index (χ0n) is 22.9. The molecule has 1 heterocycles. The minimum Gasteiger partial charge on any atom is -0.456 e. The summed E-state index contributed by atoms with van der Waals surface area (Å²) in [7, 11) is 0. The highest BCUT2D eigenvalue weighted by Crippen LogP contribution is 2.37. The highest BCUT2D eigenvalue weighted by atomic mass is 16.3. The van der Waals surface area contributed by atoms with Crippen LogP contribution in [0.1, 0.15) is 5.56 Å². The minimum absolute atomic E-state index is 0.927. The first-order valence-corrected chi connectivity index (χ1v) is 13.9. The van der Waals surface area contributed by atoms with Gasteiger partial charge in [0, 0.05) is 33.6 Å². The fourth-order valence-electron chi connectivity index (χ4n) is 5.55. The van der Waals surface area contributed by atoms with Gasteiger partial charge in [-0.2, -0.15) is 0 Å². The molecular formula is C39H29NO. The van der Waals surface area contributed by atoms with Crippen LogP contribution in [0.5, 0.6) is 0 Å². The highest BCUT2D eigenvalue weighted by Gasteiger charge is 2.14. The zero-order chi connectivity index (χ0) is 27.6. The molecule has 196 valence electrons. The molecule has 0 amide bonds. The molecule has 0 atom stereocenters. The van der Waals surface area contributed by atoms with Gasteiger partial charge in [-0.25, -0.2) is 0 Å². The molecular weight excluding hydrogens is 498 g/mol. The van der Waals surface area contributed by atoms with Gasteiger partial charge in [-0.05, 0) is 77.7 Å². The molecule has 41 heavy (non-hydrogen) atoms. The van der Waals surface area contributed by atoms with E-state index in [1.807, 2.05) is 12.1 Å². The monoisotopic (exact) mass is 527 g/mol. The summed E-state index contributed by atoms with van der Waals surface area (Å²) in [5.74, 6) is 0.935. The Hall–Kier alpha value is -5.34. The van der Waals surface area contributed by atoms with Gasteiger partial charge in [-0.3, -0.25) is 0 Å². The van der Waals surface area contributed by atoms with Crippen LogP contribution in [0.2, 0.25) is 0 Å². The summed E-state index contributed by atoms with van der Waals surface area (Å²) in [6.07, 6.45) is 0. The Labute approximate surface area is 240 Å². The molecule has 0 unspecified atom stereocenters. The van der Waals surface area contributed by atoms with Crippen molar-refractivity contribution in [3.05, 3.63) is 163 Å². The molecule has 7 rings (SSSR count). The van der Waals surface area contributed by atoms with E-state index in [2.05, 4.69) is 157 Å². The van der Waals surface area contributed by atoms with Crippen LogP contribution in [0.4, 0.5) is 17.1 Å². The van der Waals surface area contributed by atoms with E-state index in [1.54, 1.807) is 0 Å². The van der Waals surface area contributed by atoms with Gasteiger partial charge in [0.1, 0.15) is 11.3 Å². The molecule has 6 aromatic carbocycles. The fraction of sp³-hybridized carbons (Fsp3) is 0.0256. The number of hydrogen-bond acceptors (Lipinski definition) is 2. The molecule has 0 aliphatic carbocycles. The topological polar surface area (TPSA) is 16.4 Å². The number of nitrogens with zero attached hydrogens (tertiary/aromatic N) is 1. The van der Waals surface area contributed by atoms with E-state index in [4.69, 9.17) is 4.42 Å². The van der Waals surface area contributed by atoms with Crippen LogP contribution in [0.15, 0.2) is 162 Å². The summed E-state index contributed by atoms with van der Waals surface area (Å²) in [5.41, 5.74) is 11.3. The predicted octanol–water partition coefficient (Wildman–Crippen LogP) is 11.2. The van der Waals surface area contributed by atoms with Crippen molar-refractivity contribution in [2.75, 3.05) is 4.90 Å². The van der Waals surface area contributed by atoms with Crippen LogP contribution < -0.4 is 4.90 Å². The quantitative estimate of drug-likeness (QED) is 0.214. The fourth-order valence-corrected chi connectivity index (χ4v) is 5.55. The lowest BCUT2D eigenvalue weighted by atomic mass is 9.98. The van der Waals surface area contributed by atoms with E-state index in [1.165, 1.54) is 33.2 Å². The maximum absolute atomic E-state index is 6.23. The van der Waals surface area contributed by atoms with Crippen molar-refractivity contribution in [3.63, 3.8) is 0 Å². The van der Waals surface area contributed by atoms with Gasteiger partial charge in [-0.15, -0.1) is 0 Å². The molecule has 0 aliphatic rings. The lowest BCUT2D eigenvalue weighted by Crippen LogP contribution is -2.09. The number of para-hydroxylation sites is 3. The molecule has 2 heteroatoms. The van der Waals surface area contributed by atoms with Crippen LogP contribution in [0.25, 0.3) is 44.5 Å². The maximum Gasteiger partial charge on any atom is 0.138 e. The molecule has 0 spiro atoms. The van der Waals surface area contributed by atoms with Crippen molar-refractivity contribution in [2.24, 2.45) is 0 Å². The first-order valence-electron chi connectivity index (χ1n) is 13.9. The second-order valence-electron chi connectivity index (χ2n) is 10.3. The van der Waals surface area contributed by atoms with Gasteiger partial charge in [0.15, 0.2) is 0 Å². The summed E-state index contributed by atoms with van der Waals surface area (Å²) >= 11 is 0. The van der Waals surface area contributed by atoms with Crippen molar-refractivity contribution >= 4 is 28.0 Å². The Balaban J connectivity index is 1.16. The Bertz CT molecular complexity index is 1880. The van der Waals surface area contributed by atoms with Gasteiger partial charge in [-0.1, -0.05) is 109 Å². The summed E-state index contributed by atoms with van der Waals surface area (Å²) in [5, 5.41) is 1.17. The number of fused-ring (bicyclic) bond motifs is 1. The summed E-state index contributed by atoms with van der Waals surface area (Å²) in [6.45, 7) is 2.13. The third-order valence-corrected chi connectivity index (χ3v) is 7.67. The van der Waals surface area contributed by atoms with Crippen molar-refractivity contribution in [1.82, 2.24) is 0 Å². The summed E-state index contributed by atoms with van der Waals surface area (Å²) < 4.78 is 6.23. The number of anilines is 3. The van der Waals surface area contributed by atoms with Crippen LogP contribution >= 0.6 is 0 Å². The zero-order valence-corrected chi connectivity index (χ0v) is 22.9. The lowest BCUT2D eigenvalue weighted by molar-refractivity contribution is 0.629. The molecule has 0 bridgehead atoms. The number of rotatable bonds is 6. The molecule has 0 aliphatic heterocycles. The second kappa shape index (κ2) is 10.7. The van der Waals surface area contributed by atoms with E-state index in [0.29, 0.717) is 0 Å². The third kappa shape index (κ3) is 4.81. The second-order valence-corrected chi connectivity index (χ2v) is 10.3. The Morgan fingerprint density at radius 3 is 1.51 bits per heavy atom. The third-order valence-electron chi connectivity index (χ3n) is 7.67. The molecule has 0 saturated heterocycles. The van der Waals surface area contributed by atoms with Gasteiger partial charge < -0.3 is 9.32 Å². The number of aryl methyl sites for hydroxylation is 1. The lowest BCUT2D eigenvalue weighted by Gasteiger charge is -2.25. The maximum atomic E-state index is 6.23. The molecule has 7 aromatic rings. The average Bonchev–Trinajstić information content (AvgIpc) is 3.39. The van der Waals surface area contributed by atoms with Gasteiger partial charge in [0.25, 0.3) is 0 Å². The summed E-state index contributed by atoms with van der Waals surface area (Å²) in [4.78, 5) is 2.28. The molecule has 1 aromatic heterocycles. The van der Waals surface area contributed by atoms with Crippen LogP contribution in [-0.4, -0.2) is 0 Å². The SMILES string of the molecule is Cc1c(-c2cccc(-c3ccc(-c4ccc(N(c5ccccc5)c5ccccc5)cc4)cc3)c2)oc2ccccc12. The van der Waals surface area contributed by atoms with E-state index in [9.17, 15) is 0 Å². The van der Waals surface area contributed by atoms with Crippen molar-refractivity contribution in [3.8, 4) is 33.6 Å². The van der Waals surface area contributed by atoms with Gasteiger partial charge >= 0.3 is 0 Å². The number of benzene rings is 6. The van der Waals surface area contributed by atoms with E-state index < -0.39 is 0 Å². The first kappa shape index (κ1) is 24.7. The standard InChI is InChI=1S/C39H29NO/c1-28-37-17-8-9-18-38(37)41-39(28)33-12-10-11-32(27-33)31-21-19-29(20-22-31)30-23-25-36(26-24-30)40(34-13-4-2-5-14-34)35-15-6-3-7-16-35/h2-27H,1H3. The Morgan fingerprint density at radius 2 is 0.902 bits per heavy atom. The molecule has 2 nitrogen and oxygen atoms in total. The van der Waals surface area contributed by atoms with Crippen molar-refractivity contribution < 1.29 is 4.42 Å². The highest BCUT2D eigenvalue weighted by molar-refractivity contribution is 5.88. The number of furan rings is 1. The minimum atomic E-state index is 0.927. The summed E-state index contributed by atoms with van der Waals surface area (Å²) in [6, 6.07) is 55.4. The van der Waals surface area contributed by atoms with E-state index in [0.717, 1.165) is 34.0 Å². The van der Waals surface area contributed by atoms with Crippen LogP contribution in [0.3, 0.4) is 0 Å². The van der Waals surface area contributed by atoms with E-state index >= 15 is 0 Å². The normalized spacial score (nSPS) is 11.0. The van der Waals surface area contributed by atoms with Crippen LogP contribution in [-0.2, 0) is 0 Å². The molecule has 0 radical (unpaired) electrons. The van der Waals surface area contributed by atoms with Gasteiger partial charge in [0.05, 0.1) is 0 Å². The predicted molar refractivity (Wildman–Crippen MR) is 172 cm³/mol. The molecule has 0 saturated carbocycles. The number of hydrogen-bond donors (Lipinski definition) is 0. The largest absolute Gasteiger partial charge is 0.456 e. The van der Waals surface area contributed by atoms with Gasteiger partial charge in [0.2, 0.25) is 0 Å². The smallest absolute Gasteiger partial charge is 0.138 e. The van der Waals surface area contributed by atoms with Crippen molar-refractivity contribution in [2.45, 2.75) is 6.92 Å². The molecule has 0 N–H and O–H groups in total. The Kier molecular flexibility index (Phi) is 6.42. The average molecular weight is 528 g/mol. The van der Waals surface area contributed by atoms with E-state index in [-0.39, 0.29) is 0 Å².